The fraction of sp³-hybridized carbons (Fsp3) is 0.517. The smallest absolute Gasteiger partial charge is 0.251 e. The molecular formula is C29H39N3O4. The second kappa shape index (κ2) is 12.7. The number of benzene rings is 2. The highest BCUT2D eigenvalue weighted by atomic mass is 16.5. The summed E-state index contributed by atoms with van der Waals surface area (Å²) in [6.07, 6.45) is 7.26. The number of carbonyl (C=O) groups excluding carboxylic acids is 2. The Kier molecular flexibility index (Phi) is 9.09. The fourth-order valence-electron chi connectivity index (χ4n) is 5.70. The third kappa shape index (κ3) is 6.31. The monoisotopic (exact) mass is 493 g/mol. The van der Waals surface area contributed by atoms with Crippen molar-refractivity contribution in [3.8, 4) is 11.5 Å². The lowest BCUT2D eigenvalue weighted by atomic mass is 9.78. The van der Waals surface area contributed by atoms with Crippen molar-refractivity contribution < 1.29 is 19.1 Å². The second-order valence-electron chi connectivity index (χ2n) is 9.86. The van der Waals surface area contributed by atoms with Gasteiger partial charge in [-0.3, -0.25) is 9.59 Å². The maximum absolute atomic E-state index is 13.3. The van der Waals surface area contributed by atoms with Crippen molar-refractivity contribution in [2.45, 2.75) is 50.9 Å². The van der Waals surface area contributed by atoms with Crippen LogP contribution in [0.3, 0.4) is 0 Å². The molecule has 2 aromatic carbocycles. The molecule has 4 rings (SSSR count). The Morgan fingerprint density at radius 3 is 2.58 bits per heavy atom. The molecule has 7 nitrogen and oxygen atoms in total. The van der Waals surface area contributed by atoms with Crippen LogP contribution < -0.4 is 25.4 Å². The summed E-state index contributed by atoms with van der Waals surface area (Å²) >= 11 is 0. The molecule has 7 heteroatoms. The quantitative estimate of drug-likeness (QED) is 0.421. The number of carbonyl (C=O) groups is 2. The first-order valence-corrected chi connectivity index (χ1v) is 13.2. The molecule has 1 saturated carbocycles. The topological polar surface area (TPSA) is 88.7 Å². The average molecular weight is 494 g/mol. The summed E-state index contributed by atoms with van der Waals surface area (Å²) < 4.78 is 10.8. The van der Waals surface area contributed by atoms with E-state index in [0.717, 1.165) is 37.2 Å². The molecular weight excluding hydrogens is 454 g/mol. The highest BCUT2D eigenvalue weighted by Gasteiger charge is 2.30. The number of nitrogens with one attached hydrogen (secondary N) is 3. The van der Waals surface area contributed by atoms with Crippen LogP contribution in [-0.2, 0) is 4.79 Å². The van der Waals surface area contributed by atoms with Crippen LogP contribution >= 0.6 is 0 Å². The lowest BCUT2D eigenvalue weighted by molar-refractivity contribution is -0.127. The van der Waals surface area contributed by atoms with E-state index in [2.05, 4.69) is 22.0 Å². The Bertz CT molecular complexity index is 1030. The maximum Gasteiger partial charge on any atom is 0.251 e. The van der Waals surface area contributed by atoms with E-state index in [1.165, 1.54) is 24.8 Å². The first kappa shape index (κ1) is 25.9. The van der Waals surface area contributed by atoms with Crippen LogP contribution in [-0.4, -0.2) is 45.7 Å². The van der Waals surface area contributed by atoms with E-state index in [4.69, 9.17) is 9.47 Å². The lowest BCUT2D eigenvalue weighted by Gasteiger charge is -2.29. The van der Waals surface area contributed by atoms with Gasteiger partial charge in [0.2, 0.25) is 5.91 Å². The summed E-state index contributed by atoms with van der Waals surface area (Å²) in [6, 6.07) is 13.2. The van der Waals surface area contributed by atoms with Crippen molar-refractivity contribution in [1.82, 2.24) is 10.6 Å². The molecule has 0 spiro atoms. The van der Waals surface area contributed by atoms with Gasteiger partial charge in [0, 0.05) is 48.3 Å². The fourth-order valence-corrected chi connectivity index (χ4v) is 5.70. The maximum atomic E-state index is 13.3. The molecule has 0 aromatic heterocycles. The van der Waals surface area contributed by atoms with Gasteiger partial charge in [0.15, 0.2) is 0 Å². The Morgan fingerprint density at radius 2 is 1.81 bits per heavy atom. The molecule has 0 saturated heterocycles. The molecule has 2 atom stereocenters. The number of amides is 2. The summed E-state index contributed by atoms with van der Waals surface area (Å²) in [6.45, 7) is 1.96. The first-order chi connectivity index (χ1) is 17.6. The Labute approximate surface area is 214 Å². The minimum absolute atomic E-state index is 0.0839. The van der Waals surface area contributed by atoms with Crippen molar-refractivity contribution >= 4 is 17.5 Å². The molecule has 1 heterocycles. The summed E-state index contributed by atoms with van der Waals surface area (Å²) in [5.41, 5.74) is 2.89. The van der Waals surface area contributed by atoms with Gasteiger partial charge in [-0.2, -0.15) is 0 Å². The van der Waals surface area contributed by atoms with Gasteiger partial charge in [-0.05, 0) is 61.9 Å². The number of methoxy groups -OCH3 is 2. The molecule has 0 radical (unpaired) electrons. The molecule has 1 fully saturated rings. The predicted octanol–water partition coefficient (Wildman–Crippen LogP) is 4.74. The predicted molar refractivity (Wildman–Crippen MR) is 142 cm³/mol. The van der Waals surface area contributed by atoms with E-state index in [1.807, 2.05) is 18.2 Å². The van der Waals surface area contributed by atoms with Crippen LogP contribution in [0.15, 0.2) is 42.5 Å². The van der Waals surface area contributed by atoms with Crippen LogP contribution in [0.1, 0.15) is 66.8 Å². The van der Waals surface area contributed by atoms with Crippen molar-refractivity contribution in [3.63, 3.8) is 0 Å². The van der Waals surface area contributed by atoms with Gasteiger partial charge in [0.05, 0.1) is 14.2 Å². The molecule has 2 aromatic rings. The van der Waals surface area contributed by atoms with Gasteiger partial charge < -0.3 is 25.4 Å². The largest absolute Gasteiger partial charge is 0.497 e. The van der Waals surface area contributed by atoms with Crippen LogP contribution in [0.4, 0.5) is 5.69 Å². The normalized spacial score (nSPS) is 18.0. The third-order valence-corrected chi connectivity index (χ3v) is 7.65. The van der Waals surface area contributed by atoms with E-state index in [1.54, 1.807) is 32.4 Å². The van der Waals surface area contributed by atoms with Crippen molar-refractivity contribution in [3.05, 3.63) is 53.6 Å². The lowest BCUT2D eigenvalue weighted by Crippen LogP contribution is -2.39. The zero-order chi connectivity index (χ0) is 25.3. The molecule has 3 N–H and O–H groups in total. The van der Waals surface area contributed by atoms with Gasteiger partial charge in [-0.1, -0.05) is 31.4 Å². The standard InChI is InChI=1S/C29H39N3O4/c1-35-23-11-6-10-21(18-23)28(33)30-17-15-24(20-8-4-3-5-9-20)29(34)31-16-14-22-19-32-25-12-7-13-26(36-2)27(22)25/h6-7,10-13,18,20,22,24,32H,3-5,8-9,14-17,19H2,1-2H3,(H,30,33)(H,31,34). The molecule has 1 aliphatic heterocycles. The Balaban J connectivity index is 1.31. The molecule has 2 unspecified atom stereocenters. The number of anilines is 1. The van der Waals surface area contributed by atoms with Crippen molar-refractivity contribution in [2.24, 2.45) is 11.8 Å². The van der Waals surface area contributed by atoms with Crippen LogP contribution in [0.25, 0.3) is 0 Å². The number of ether oxygens (including phenoxy) is 2. The van der Waals surface area contributed by atoms with E-state index in [-0.39, 0.29) is 17.7 Å². The average Bonchev–Trinajstić information content (AvgIpc) is 3.34. The molecule has 36 heavy (non-hydrogen) atoms. The number of rotatable bonds is 11. The first-order valence-electron chi connectivity index (χ1n) is 13.2. The van der Waals surface area contributed by atoms with Crippen LogP contribution in [0.2, 0.25) is 0 Å². The molecule has 1 aliphatic carbocycles. The number of fused-ring (bicyclic) bond motifs is 1. The molecule has 2 amide bonds. The minimum Gasteiger partial charge on any atom is -0.497 e. The van der Waals surface area contributed by atoms with Crippen LogP contribution in [0.5, 0.6) is 11.5 Å². The summed E-state index contributed by atoms with van der Waals surface area (Å²) in [5, 5.41) is 9.68. The molecule has 0 bridgehead atoms. The van der Waals surface area contributed by atoms with E-state index in [0.29, 0.717) is 42.7 Å². The molecule has 2 aliphatic rings. The zero-order valence-corrected chi connectivity index (χ0v) is 21.5. The van der Waals surface area contributed by atoms with E-state index in [9.17, 15) is 9.59 Å². The van der Waals surface area contributed by atoms with Gasteiger partial charge in [0.25, 0.3) is 5.91 Å². The second-order valence-corrected chi connectivity index (χ2v) is 9.86. The van der Waals surface area contributed by atoms with Crippen molar-refractivity contribution in [2.75, 3.05) is 39.2 Å². The van der Waals surface area contributed by atoms with Gasteiger partial charge >= 0.3 is 0 Å². The van der Waals surface area contributed by atoms with Crippen LogP contribution in [0, 0.1) is 11.8 Å². The highest BCUT2D eigenvalue weighted by molar-refractivity contribution is 5.94. The number of hydrogen-bond donors (Lipinski definition) is 3. The third-order valence-electron chi connectivity index (χ3n) is 7.65. The Hall–Kier alpha value is -3.22. The van der Waals surface area contributed by atoms with E-state index < -0.39 is 0 Å². The van der Waals surface area contributed by atoms with Gasteiger partial charge in [0.1, 0.15) is 11.5 Å². The summed E-state index contributed by atoms with van der Waals surface area (Å²) in [4.78, 5) is 26.0. The highest BCUT2D eigenvalue weighted by Crippen LogP contribution is 2.40. The minimum atomic E-state index is -0.141. The zero-order valence-electron chi connectivity index (χ0n) is 21.5. The summed E-state index contributed by atoms with van der Waals surface area (Å²) in [5.74, 6) is 2.13. The Morgan fingerprint density at radius 1 is 1.00 bits per heavy atom. The van der Waals surface area contributed by atoms with Gasteiger partial charge in [-0.25, -0.2) is 0 Å². The SMILES string of the molecule is COc1cccc(C(=O)NCCC(C(=O)NCCC2CNc3cccc(OC)c32)C2CCCCC2)c1. The van der Waals surface area contributed by atoms with E-state index >= 15 is 0 Å². The van der Waals surface area contributed by atoms with Gasteiger partial charge in [-0.15, -0.1) is 0 Å². The molecule has 194 valence electrons. The number of hydrogen-bond acceptors (Lipinski definition) is 5. The summed E-state index contributed by atoms with van der Waals surface area (Å²) in [7, 11) is 3.29. The van der Waals surface area contributed by atoms with Crippen molar-refractivity contribution in [1.29, 1.82) is 0 Å².